The molecule has 7 heteroatoms. The molecule has 2 aromatic heterocycles. The number of aryl methyl sites for hydroxylation is 3. The molecule has 7 nitrogen and oxygen atoms in total. The number of nitrogens with one attached hydrogen (secondary N) is 3. The lowest BCUT2D eigenvalue weighted by Crippen LogP contribution is -2.27. The first-order valence-corrected chi connectivity index (χ1v) is 9.05. The molecule has 0 radical (unpaired) electrons. The van der Waals surface area contributed by atoms with Gasteiger partial charge in [-0.1, -0.05) is 6.07 Å². The predicted octanol–water partition coefficient (Wildman–Crippen LogP) is 2.63. The van der Waals surface area contributed by atoms with Gasteiger partial charge in [-0.3, -0.25) is 10.1 Å². The lowest BCUT2D eigenvalue weighted by atomic mass is 9.98. The molecular formula is C19H24N6O. The van der Waals surface area contributed by atoms with Crippen molar-refractivity contribution in [3.8, 4) is 0 Å². The summed E-state index contributed by atoms with van der Waals surface area (Å²) in [6.45, 7) is 6.11. The van der Waals surface area contributed by atoms with E-state index in [9.17, 15) is 4.79 Å². The largest absolute Gasteiger partial charge is 0.351 e. The lowest BCUT2D eigenvalue weighted by molar-refractivity contribution is 0.102. The number of hydrogen-bond acceptors (Lipinski definition) is 4. The fourth-order valence-electron chi connectivity index (χ4n) is 3.52. The highest BCUT2D eigenvalue weighted by molar-refractivity contribution is 6.05. The first-order valence-electron chi connectivity index (χ1n) is 9.05. The summed E-state index contributed by atoms with van der Waals surface area (Å²) in [5, 5.41) is 11.8. The lowest BCUT2D eigenvalue weighted by Gasteiger charge is -2.19. The molecule has 0 bridgehead atoms. The SMILES string of the molecule is Cc1ccc2[nH]c(C(=O)Nc3nc(C4CCNCC4)nn3C)cc2c1C. The number of fused-ring (bicyclic) bond motifs is 1. The number of aromatic amines is 1. The minimum absolute atomic E-state index is 0.203. The van der Waals surface area contributed by atoms with Gasteiger partial charge in [0, 0.05) is 23.9 Å². The number of carbonyl (C=O) groups is 1. The van der Waals surface area contributed by atoms with Crippen LogP contribution >= 0.6 is 0 Å². The van der Waals surface area contributed by atoms with Gasteiger partial charge in [0.2, 0.25) is 5.95 Å². The Kier molecular flexibility index (Phi) is 4.24. The number of hydrogen-bond donors (Lipinski definition) is 3. The van der Waals surface area contributed by atoms with Gasteiger partial charge in [0.25, 0.3) is 5.91 Å². The summed E-state index contributed by atoms with van der Waals surface area (Å²) < 4.78 is 1.65. The number of nitrogens with zero attached hydrogens (tertiary/aromatic N) is 3. The number of anilines is 1. The standard InChI is InChI=1S/C19H24N6O/c1-11-4-5-15-14(12(11)2)10-16(21-15)18(26)23-19-22-17(24-25(19)3)13-6-8-20-9-7-13/h4-5,10,13,20-21H,6-9H2,1-3H3,(H,22,23,24,26). The second kappa shape index (κ2) is 6.57. The van der Waals surface area contributed by atoms with Crippen LogP contribution in [-0.4, -0.2) is 38.7 Å². The van der Waals surface area contributed by atoms with E-state index in [-0.39, 0.29) is 5.91 Å². The van der Waals surface area contributed by atoms with E-state index in [4.69, 9.17) is 0 Å². The Labute approximate surface area is 152 Å². The molecule has 1 aliphatic rings. The Morgan fingerprint density at radius 2 is 2.04 bits per heavy atom. The molecule has 0 saturated carbocycles. The van der Waals surface area contributed by atoms with Crippen molar-refractivity contribution in [1.82, 2.24) is 25.1 Å². The molecule has 1 aliphatic heterocycles. The Balaban J connectivity index is 1.56. The van der Waals surface area contributed by atoms with Crippen molar-refractivity contribution in [1.29, 1.82) is 0 Å². The second-order valence-electron chi connectivity index (χ2n) is 7.05. The molecule has 0 atom stereocenters. The number of aromatic nitrogens is 4. The smallest absolute Gasteiger partial charge is 0.274 e. The van der Waals surface area contributed by atoms with E-state index in [0.717, 1.165) is 42.7 Å². The number of benzene rings is 1. The maximum atomic E-state index is 12.7. The summed E-state index contributed by atoms with van der Waals surface area (Å²) in [6.07, 6.45) is 2.05. The Bertz CT molecular complexity index is 964. The number of carbonyl (C=O) groups excluding carboxylic acids is 1. The maximum Gasteiger partial charge on any atom is 0.274 e. The molecule has 0 unspecified atom stereocenters. The average Bonchev–Trinajstić information content (AvgIpc) is 3.24. The third-order valence-corrected chi connectivity index (χ3v) is 5.30. The average molecular weight is 352 g/mol. The highest BCUT2D eigenvalue weighted by Gasteiger charge is 2.22. The van der Waals surface area contributed by atoms with E-state index < -0.39 is 0 Å². The quantitative estimate of drug-likeness (QED) is 0.676. The number of amides is 1. The van der Waals surface area contributed by atoms with Gasteiger partial charge in [0.15, 0.2) is 5.82 Å². The van der Waals surface area contributed by atoms with Crippen LogP contribution in [0.15, 0.2) is 18.2 Å². The summed E-state index contributed by atoms with van der Waals surface area (Å²) in [6, 6.07) is 5.97. The van der Waals surface area contributed by atoms with Gasteiger partial charge in [0.05, 0.1) is 0 Å². The van der Waals surface area contributed by atoms with Crippen molar-refractivity contribution in [3.05, 3.63) is 40.8 Å². The molecule has 0 spiro atoms. The molecule has 136 valence electrons. The summed E-state index contributed by atoms with van der Waals surface area (Å²) in [5.41, 5.74) is 3.89. The fraction of sp³-hybridized carbons (Fsp3) is 0.421. The fourth-order valence-corrected chi connectivity index (χ4v) is 3.52. The van der Waals surface area contributed by atoms with E-state index in [2.05, 4.69) is 45.6 Å². The third kappa shape index (κ3) is 2.99. The normalized spacial score (nSPS) is 15.5. The monoisotopic (exact) mass is 352 g/mol. The summed E-state index contributed by atoms with van der Waals surface area (Å²) >= 11 is 0. The van der Waals surface area contributed by atoms with Crippen molar-refractivity contribution in [2.24, 2.45) is 7.05 Å². The van der Waals surface area contributed by atoms with E-state index in [1.807, 2.05) is 19.2 Å². The van der Waals surface area contributed by atoms with E-state index in [1.54, 1.807) is 4.68 Å². The van der Waals surface area contributed by atoms with Gasteiger partial charge in [-0.05, 0) is 63.0 Å². The number of rotatable bonds is 3. The van der Waals surface area contributed by atoms with E-state index in [1.165, 1.54) is 11.1 Å². The molecule has 0 aliphatic carbocycles. The molecule has 1 saturated heterocycles. The molecular weight excluding hydrogens is 328 g/mol. The molecule has 1 aromatic carbocycles. The van der Waals surface area contributed by atoms with Gasteiger partial charge in [-0.2, -0.15) is 10.1 Å². The van der Waals surface area contributed by atoms with Crippen LogP contribution in [0.2, 0.25) is 0 Å². The van der Waals surface area contributed by atoms with Crippen molar-refractivity contribution < 1.29 is 4.79 Å². The van der Waals surface area contributed by atoms with Gasteiger partial charge in [-0.15, -0.1) is 0 Å². The van der Waals surface area contributed by atoms with Crippen LogP contribution in [0.25, 0.3) is 10.9 Å². The molecule has 3 heterocycles. The highest BCUT2D eigenvalue weighted by Crippen LogP contribution is 2.25. The number of H-pyrrole nitrogens is 1. The molecule has 3 aromatic rings. The zero-order chi connectivity index (χ0) is 18.3. The van der Waals surface area contributed by atoms with Crippen LogP contribution in [0.1, 0.15) is 46.2 Å². The molecule has 1 amide bonds. The number of piperidine rings is 1. The maximum absolute atomic E-state index is 12.7. The highest BCUT2D eigenvalue weighted by atomic mass is 16.2. The van der Waals surface area contributed by atoms with Crippen LogP contribution in [0.5, 0.6) is 0 Å². The van der Waals surface area contributed by atoms with Crippen LogP contribution in [-0.2, 0) is 7.05 Å². The first kappa shape index (κ1) is 16.8. The van der Waals surface area contributed by atoms with Crippen LogP contribution in [0.3, 0.4) is 0 Å². The van der Waals surface area contributed by atoms with Crippen molar-refractivity contribution in [2.45, 2.75) is 32.6 Å². The van der Waals surface area contributed by atoms with Crippen LogP contribution in [0, 0.1) is 13.8 Å². The predicted molar refractivity (Wildman–Crippen MR) is 102 cm³/mol. The van der Waals surface area contributed by atoms with Gasteiger partial charge < -0.3 is 10.3 Å². The molecule has 26 heavy (non-hydrogen) atoms. The van der Waals surface area contributed by atoms with Crippen molar-refractivity contribution >= 4 is 22.8 Å². The van der Waals surface area contributed by atoms with E-state index in [0.29, 0.717) is 17.6 Å². The Morgan fingerprint density at radius 3 is 2.81 bits per heavy atom. The Hall–Kier alpha value is -2.67. The minimum Gasteiger partial charge on any atom is -0.351 e. The van der Waals surface area contributed by atoms with Gasteiger partial charge >= 0.3 is 0 Å². The van der Waals surface area contributed by atoms with Gasteiger partial charge in [0.1, 0.15) is 5.69 Å². The molecule has 3 N–H and O–H groups in total. The van der Waals surface area contributed by atoms with Crippen molar-refractivity contribution in [3.63, 3.8) is 0 Å². The third-order valence-electron chi connectivity index (χ3n) is 5.30. The molecule has 4 rings (SSSR count). The zero-order valence-electron chi connectivity index (χ0n) is 15.4. The zero-order valence-corrected chi connectivity index (χ0v) is 15.4. The van der Waals surface area contributed by atoms with Gasteiger partial charge in [-0.25, -0.2) is 4.68 Å². The molecule has 1 fully saturated rings. The van der Waals surface area contributed by atoms with Crippen LogP contribution in [0.4, 0.5) is 5.95 Å². The Morgan fingerprint density at radius 1 is 1.27 bits per heavy atom. The topological polar surface area (TPSA) is 87.6 Å². The van der Waals surface area contributed by atoms with Crippen LogP contribution < -0.4 is 10.6 Å². The van der Waals surface area contributed by atoms with E-state index >= 15 is 0 Å². The van der Waals surface area contributed by atoms with Crippen molar-refractivity contribution in [2.75, 3.05) is 18.4 Å². The minimum atomic E-state index is -0.203. The summed E-state index contributed by atoms with van der Waals surface area (Å²) in [7, 11) is 1.81. The summed E-state index contributed by atoms with van der Waals surface area (Å²) in [4.78, 5) is 20.4. The summed E-state index contributed by atoms with van der Waals surface area (Å²) in [5.74, 6) is 1.44. The first-order chi connectivity index (χ1) is 12.5. The second-order valence-corrected chi connectivity index (χ2v) is 7.05.